The molecule has 2 aromatic rings. The number of nitrogens with zero attached hydrogens (tertiary/aromatic N) is 1. The number of hydrogen-bond donors (Lipinski definition) is 1. The summed E-state index contributed by atoms with van der Waals surface area (Å²) in [5.41, 5.74) is 2.92. The maximum absolute atomic E-state index is 11.2. The van der Waals surface area contributed by atoms with E-state index in [0.29, 0.717) is 0 Å². The Morgan fingerprint density at radius 3 is 2.58 bits per heavy atom. The monoisotopic (exact) mass is 275 g/mol. The molecule has 0 aliphatic carbocycles. The van der Waals surface area contributed by atoms with E-state index >= 15 is 0 Å². The first kappa shape index (κ1) is 12.3. The molecule has 0 saturated heterocycles. The van der Waals surface area contributed by atoms with Gasteiger partial charge in [-0.05, 0) is 41.5 Å². The van der Waals surface area contributed by atoms with Crippen molar-refractivity contribution in [2.75, 3.05) is 0 Å². The maximum Gasteiger partial charge on any atom is 0.294 e. The van der Waals surface area contributed by atoms with Crippen molar-refractivity contribution >= 4 is 32.3 Å². The third-order valence-corrected chi connectivity index (χ3v) is 4.52. The van der Waals surface area contributed by atoms with Crippen LogP contribution < -0.4 is 0 Å². The second kappa shape index (κ2) is 3.88. The fourth-order valence-corrected chi connectivity index (χ4v) is 3.03. The van der Waals surface area contributed by atoms with Crippen LogP contribution in [0.4, 0.5) is 5.69 Å². The molecule has 0 bridgehead atoms. The van der Waals surface area contributed by atoms with Gasteiger partial charge in [0.1, 0.15) is 0 Å². The van der Waals surface area contributed by atoms with Crippen molar-refractivity contribution in [3.05, 3.63) is 35.9 Å². The zero-order valence-electron chi connectivity index (χ0n) is 10.6. The summed E-state index contributed by atoms with van der Waals surface area (Å²) < 4.78 is 31.7. The molecule has 0 fully saturated rings. The molecule has 98 valence electrons. The van der Waals surface area contributed by atoms with E-state index in [4.69, 9.17) is 4.55 Å². The van der Waals surface area contributed by atoms with E-state index in [1.165, 1.54) is 12.1 Å². The van der Waals surface area contributed by atoms with Crippen LogP contribution in [0.2, 0.25) is 0 Å². The highest BCUT2D eigenvalue weighted by Crippen LogP contribution is 2.40. The highest BCUT2D eigenvalue weighted by molar-refractivity contribution is 7.85. The van der Waals surface area contributed by atoms with E-state index in [0.717, 1.165) is 27.7 Å². The Bertz CT molecular complexity index is 822. The Labute approximate surface area is 111 Å². The molecule has 0 amide bonds. The van der Waals surface area contributed by atoms with Gasteiger partial charge in [0.25, 0.3) is 10.1 Å². The van der Waals surface area contributed by atoms with Gasteiger partial charge < -0.3 is 0 Å². The summed E-state index contributed by atoms with van der Waals surface area (Å²) in [7, 11) is -4.18. The molecule has 3 rings (SSSR count). The minimum absolute atomic E-state index is 0.0786. The quantitative estimate of drug-likeness (QED) is 0.812. The van der Waals surface area contributed by atoms with Crippen LogP contribution in [0.25, 0.3) is 10.8 Å². The summed E-state index contributed by atoms with van der Waals surface area (Å²) in [6.07, 6.45) is 0. The fraction of sp³-hybridized carbons (Fsp3) is 0.214. The molecule has 0 saturated carbocycles. The van der Waals surface area contributed by atoms with Gasteiger partial charge in [-0.2, -0.15) is 8.42 Å². The number of benzene rings is 2. The summed E-state index contributed by atoms with van der Waals surface area (Å²) >= 11 is 0. The van der Waals surface area contributed by atoms with Crippen LogP contribution in [0.3, 0.4) is 0 Å². The average molecular weight is 275 g/mol. The van der Waals surface area contributed by atoms with Gasteiger partial charge in [-0.25, -0.2) is 0 Å². The molecule has 1 unspecified atom stereocenters. The van der Waals surface area contributed by atoms with Crippen LogP contribution in [-0.2, 0) is 10.1 Å². The Kier molecular flexibility index (Phi) is 2.52. The SMILES string of the molecule is CC1=Nc2ccc3ccc(S(=O)(=O)O)cc3c2C1C. The molecule has 2 aromatic carbocycles. The van der Waals surface area contributed by atoms with Gasteiger partial charge >= 0.3 is 0 Å². The Morgan fingerprint density at radius 1 is 1.21 bits per heavy atom. The highest BCUT2D eigenvalue weighted by Gasteiger charge is 2.23. The molecule has 0 radical (unpaired) electrons. The first-order chi connectivity index (χ1) is 8.88. The predicted octanol–water partition coefficient (Wildman–Crippen LogP) is 3.30. The first-order valence-corrected chi connectivity index (χ1v) is 7.41. The first-order valence-electron chi connectivity index (χ1n) is 5.97. The van der Waals surface area contributed by atoms with E-state index in [9.17, 15) is 8.42 Å². The highest BCUT2D eigenvalue weighted by atomic mass is 32.2. The lowest BCUT2D eigenvalue weighted by Gasteiger charge is -2.10. The zero-order chi connectivity index (χ0) is 13.8. The van der Waals surface area contributed by atoms with Gasteiger partial charge in [-0.1, -0.05) is 19.1 Å². The lowest BCUT2D eigenvalue weighted by molar-refractivity contribution is 0.483. The fourth-order valence-electron chi connectivity index (χ4n) is 2.52. The number of rotatable bonds is 1. The van der Waals surface area contributed by atoms with Crippen molar-refractivity contribution in [2.45, 2.75) is 24.7 Å². The molecule has 0 aromatic heterocycles. The molecule has 1 heterocycles. The summed E-state index contributed by atoms with van der Waals surface area (Å²) in [6.45, 7) is 4.01. The van der Waals surface area contributed by atoms with Crippen molar-refractivity contribution in [3.8, 4) is 0 Å². The predicted molar refractivity (Wildman–Crippen MR) is 74.9 cm³/mol. The molecule has 1 N–H and O–H groups in total. The summed E-state index contributed by atoms with van der Waals surface area (Å²) in [5.74, 6) is 0.162. The summed E-state index contributed by atoms with van der Waals surface area (Å²) in [6, 6.07) is 8.50. The van der Waals surface area contributed by atoms with E-state index < -0.39 is 10.1 Å². The standard InChI is InChI=1S/C14H13NO3S/c1-8-9(2)15-13-6-4-10-3-5-11(19(16,17)18)7-12(10)14(8)13/h3-8H,1-2H3,(H,16,17,18). The van der Waals surface area contributed by atoms with Gasteiger partial charge in [0.15, 0.2) is 0 Å². The molecule has 5 heteroatoms. The van der Waals surface area contributed by atoms with E-state index in [1.807, 2.05) is 26.0 Å². The largest absolute Gasteiger partial charge is 0.294 e. The summed E-state index contributed by atoms with van der Waals surface area (Å²) in [4.78, 5) is 4.40. The lowest BCUT2D eigenvalue weighted by atomic mass is 9.93. The topological polar surface area (TPSA) is 66.7 Å². The smallest absolute Gasteiger partial charge is 0.282 e. The summed E-state index contributed by atoms with van der Waals surface area (Å²) in [5, 5.41) is 1.78. The second-order valence-corrected chi connectivity index (χ2v) is 6.25. The Hall–Kier alpha value is -1.72. The molecule has 1 atom stereocenters. The van der Waals surface area contributed by atoms with Crippen LogP contribution in [0.15, 0.2) is 40.2 Å². The number of fused-ring (bicyclic) bond motifs is 3. The van der Waals surface area contributed by atoms with E-state index in [2.05, 4.69) is 4.99 Å². The number of aliphatic imine (C=N–C) groups is 1. The minimum Gasteiger partial charge on any atom is -0.282 e. The molecular formula is C14H13NO3S. The molecule has 1 aliphatic rings. The third-order valence-electron chi connectivity index (χ3n) is 3.67. The molecule has 19 heavy (non-hydrogen) atoms. The molecule has 1 aliphatic heterocycles. The lowest BCUT2D eigenvalue weighted by Crippen LogP contribution is -2.01. The van der Waals surface area contributed by atoms with Crippen molar-refractivity contribution in [1.82, 2.24) is 0 Å². The number of hydrogen-bond acceptors (Lipinski definition) is 3. The van der Waals surface area contributed by atoms with Crippen molar-refractivity contribution in [3.63, 3.8) is 0 Å². The van der Waals surface area contributed by atoms with Gasteiger partial charge in [0.2, 0.25) is 0 Å². The van der Waals surface area contributed by atoms with Gasteiger partial charge in [-0.15, -0.1) is 0 Å². The van der Waals surface area contributed by atoms with Crippen LogP contribution in [0.5, 0.6) is 0 Å². The van der Waals surface area contributed by atoms with Gasteiger partial charge in [-0.3, -0.25) is 9.55 Å². The Morgan fingerprint density at radius 2 is 1.89 bits per heavy atom. The van der Waals surface area contributed by atoms with Crippen molar-refractivity contribution < 1.29 is 13.0 Å². The van der Waals surface area contributed by atoms with Crippen LogP contribution in [-0.4, -0.2) is 18.7 Å². The average Bonchev–Trinajstić information content (AvgIpc) is 2.64. The Balaban J connectivity index is 2.36. The molecular weight excluding hydrogens is 262 g/mol. The van der Waals surface area contributed by atoms with Crippen LogP contribution in [0.1, 0.15) is 25.3 Å². The zero-order valence-corrected chi connectivity index (χ0v) is 11.4. The normalized spacial score (nSPS) is 18.5. The van der Waals surface area contributed by atoms with E-state index in [1.54, 1.807) is 6.07 Å². The van der Waals surface area contributed by atoms with Crippen molar-refractivity contribution in [2.24, 2.45) is 4.99 Å². The van der Waals surface area contributed by atoms with E-state index in [-0.39, 0.29) is 10.8 Å². The van der Waals surface area contributed by atoms with Gasteiger partial charge in [0, 0.05) is 11.6 Å². The maximum atomic E-state index is 11.2. The molecule has 0 spiro atoms. The van der Waals surface area contributed by atoms with Gasteiger partial charge in [0.05, 0.1) is 10.6 Å². The minimum atomic E-state index is -4.18. The molecule has 4 nitrogen and oxygen atoms in total. The van der Waals surface area contributed by atoms with Crippen molar-refractivity contribution in [1.29, 1.82) is 0 Å². The van der Waals surface area contributed by atoms with Crippen LogP contribution >= 0.6 is 0 Å². The third kappa shape index (κ3) is 1.86. The second-order valence-electron chi connectivity index (χ2n) is 4.83. The van der Waals surface area contributed by atoms with Crippen LogP contribution in [0, 0.1) is 0 Å².